The van der Waals surface area contributed by atoms with Crippen LogP contribution in [0.3, 0.4) is 0 Å². The van der Waals surface area contributed by atoms with Gasteiger partial charge in [0.25, 0.3) is 5.91 Å². The molecule has 30 heavy (non-hydrogen) atoms. The summed E-state index contributed by atoms with van der Waals surface area (Å²) in [5.41, 5.74) is 0.895. The molecule has 1 aromatic heterocycles. The molecule has 4 aromatic rings. The van der Waals surface area contributed by atoms with Crippen molar-refractivity contribution in [2.24, 2.45) is 0 Å². The molecule has 3 aromatic carbocycles. The number of hydrogen-bond acceptors (Lipinski definition) is 4. The number of carbonyl (C=O) groups is 2. The van der Waals surface area contributed by atoms with Crippen LogP contribution in [-0.4, -0.2) is 17.6 Å². The van der Waals surface area contributed by atoms with Crippen molar-refractivity contribution < 1.29 is 14.0 Å². The maximum absolute atomic E-state index is 12.5. The molecule has 0 bridgehead atoms. The number of nitrogens with one attached hydrogen (secondary N) is 2. The molecule has 0 aliphatic carbocycles. The molecule has 6 heteroatoms. The molecule has 0 saturated heterocycles. The van der Waals surface area contributed by atoms with E-state index in [1.165, 1.54) is 17.1 Å². The summed E-state index contributed by atoms with van der Waals surface area (Å²) in [5.74, 6) is 0.473. The van der Waals surface area contributed by atoms with Gasteiger partial charge in [0.1, 0.15) is 5.76 Å². The van der Waals surface area contributed by atoms with E-state index in [2.05, 4.69) is 28.8 Å². The van der Waals surface area contributed by atoms with Gasteiger partial charge in [-0.2, -0.15) is 0 Å². The second-order valence-corrected chi connectivity index (χ2v) is 7.70. The molecule has 1 heterocycles. The quantitative estimate of drug-likeness (QED) is 0.412. The van der Waals surface area contributed by atoms with E-state index in [1.54, 1.807) is 42.7 Å². The molecule has 0 fully saturated rings. The van der Waals surface area contributed by atoms with Gasteiger partial charge in [0, 0.05) is 4.90 Å². The fourth-order valence-electron chi connectivity index (χ4n) is 3.06. The van der Waals surface area contributed by atoms with Gasteiger partial charge in [0.2, 0.25) is 5.91 Å². The Hall–Kier alpha value is -3.51. The van der Waals surface area contributed by atoms with Crippen LogP contribution in [-0.2, 0) is 11.3 Å². The first kappa shape index (κ1) is 19.8. The molecule has 150 valence electrons. The number of anilines is 1. The zero-order valence-electron chi connectivity index (χ0n) is 16.1. The summed E-state index contributed by atoms with van der Waals surface area (Å²) in [5, 5.41) is 7.96. The van der Waals surface area contributed by atoms with E-state index in [0.717, 1.165) is 10.3 Å². The van der Waals surface area contributed by atoms with Gasteiger partial charge in [-0.25, -0.2) is 0 Å². The fraction of sp³-hybridized carbons (Fsp3) is 0.0833. The Balaban J connectivity index is 1.37. The lowest BCUT2D eigenvalue weighted by atomic mass is 10.1. The summed E-state index contributed by atoms with van der Waals surface area (Å²) in [6.07, 6.45) is 1.56. The molecule has 0 atom stereocenters. The molecule has 2 N–H and O–H groups in total. The number of rotatable bonds is 7. The molecule has 0 aliphatic rings. The number of benzene rings is 3. The average molecular weight is 417 g/mol. The molecular weight excluding hydrogens is 396 g/mol. The summed E-state index contributed by atoms with van der Waals surface area (Å²) >= 11 is 1.46. The highest BCUT2D eigenvalue weighted by Gasteiger charge is 2.13. The van der Waals surface area contributed by atoms with Gasteiger partial charge in [-0.05, 0) is 47.2 Å². The molecule has 5 nitrogen and oxygen atoms in total. The average Bonchev–Trinajstić information content (AvgIpc) is 3.30. The third-order valence-corrected chi connectivity index (χ3v) is 5.53. The normalized spacial score (nSPS) is 10.7. The monoisotopic (exact) mass is 416 g/mol. The van der Waals surface area contributed by atoms with Crippen molar-refractivity contribution in [2.45, 2.75) is 11.4 Å². The summed E-state index contributed by atoms with van der Waals surface area (Å²) in [6, 6.07) is 24.8. The van der Waals surface area contributed by atoms with Crippen LogP contribution in [0.4, 0.5) is 5.69 Å². The Morgan fingerprint density at radius 2 is 1.67 bits per heavy atom. The fourth-order valence-corrected chi connectivity index (χ4v) is 3.80. The minimum atomic E-state index is -0.274. The van der Waals surface area contributed by atoms with Crippen LogP contribution in [0.5, 0.6) is 0 Å². The van der Waals surface area contributed by atoms with Crippen LogP contribution in [0.15, 0.2) is 94.4 Å². The van der Waals surface area contributed by atoms with Crippen molar-refractivity contribution in [1.29, 1.82) is 0 Å². The van der Waals surface area contributed by atoms with E-state index >= 15 is 0 Å². The van der Waals surface area contributed by atoms with Crippen molar-refractivity contribution in [3.8, 4) is 0 Å². The predicted octanol–water partition coefficient (Wildman–Crippen LogP) is 5.09. The maximum Gasteiger partial charge on any atom is 0.253 e. The summed E-state index contributed by atoms with van der Waals surface area (Å²) in [6.45, 7) is 0.284. The molecule has 0 spiro atoms. The van der Waals surface area contributed by atoms with Crippen molar-refractivity contribution in [3.63, 3.8) is 0 Å². The predicted molar refractivity (Wildman–Crippen MR) is 120 cm³/mol. The van der Waals surface area contributed by atoms with Crippen molar-refractivity contribution in [3.05, 3.63) is 96.4 Å². The van der Waals surface area contributed by atoms with Crippen LogP contribution in [0, 0.1) is 0 Å². The largest absolute Gasteiger partial charge is 0.467 e. The highest BCUT2D eigenvalue weighted by atomic mass is 32.2. The standard InChI is InChI=1S/C24H20N2O3S/c27-23(16-30-20-12-11-17-6-1-2-7-18(17)14-20)26-22-10-4-3-9-21(22)24(28)25-15-19-8-5-13-29-19/h1-14H,15-16H2,(H,25,28)(H,26,27). The topological polar surface area (TPSA) is 71.3 Å². The highest BCUT2D eigenvalue weighted by Crippen LogP contribution is 2.24. The Morgan fingerprint density at radius 1 is 0.867 bits per heavy atom. The number of hydrogen-bond donors (Lipinski definition) is 2. The van der Waals surface area contributed by atoms with Gasteiger partial charge in [0.15, 0.2) is 0 Å². The summed E-state index contributed by atoms with van der Waals surface area (Å²) in [4.78, 5) is 26.0. The summed E-state index contributed by atoms with van der Waals surface area (Å²) < 4.78 is 5.23. The SMILES string of the molecule is O=C(CSc1ccc2ccccc2c1)Nc1ccccc1C(=O)NCc1ccco1. The number of carbonyl (C=O) groups excluding carboxylic acids is 2. The third-order valence-electron chi connectivity index (χ3n) is 4.54. The molecule has 4 rings (SSSR count). The lowest BCUT2D eigenvalue weighted by Crippen LogP contribution is -2.25. The van der Waals surface area contributed by atoms with Gasteiger partial charge in [-0.15, -0.1) is 11.8 Å². The second kappa shape index (κ2) is 9.33. The molecule has 0 aliphatic heterocycles. The minimum absolute atomic E-state index is 0.167. The lowest BCUT2D eigenvalue weighted by Gasteiger charge is -2.11. The molecule has 0 unspecified atom stereocenters. The van der Waals surface area contributed by atoms with E-state index in [4.69, 9.17) is 4.42 Å². The first-order valence-corrected chi connectivity index (χ1v) is 10.5. The molecule has 2 amide bonds. The first-order chi connectivity index (χ1) is 14.7. The van der Waals surface area contributed by atoms with E-state index in [9.17, 15) is 9.59 Å². The zero-order chi connectivity index (χ0) is 20.8. The van der Waals surface area contributed by atoms with E-state index < -0.39 is 0 Å². The van der Waals surface area contributed by atoms with E-state index in [-0.39, 0.29) is 24.1 Å². The Morgan fingerprint density at radius 3 is 2.50 bits per heavy atom. The van der Waals surface area contributed by atoms with Gasteiger partial charge in [-0.1, -0.05) is 42.5 Å². The van der Waals surface area contributed by atoms with Crippen molar-refractivity contribution >= 4 is 40.0 Å². The van der Waals surface area contributed by atoms with Crippen LogP contribution in [0.2, 0.25) is 0 Å². The number of fused-ring (bicyclic) bond motifs is 1. The number of amides is 2. The number of para-hydroxylation sites is 1. The minimum Gasteiger partial charge on any atom is -0.467 e. The van der Waals surface area contributed by atoms with Crippen molar-refractivity contribution in [2.75, 3.05) is 11.1 Å². The highest BCUT2D eigenvalue weighted by molar-refractivity contribution is 8.00. The third kappa shape index (κ3) is 4.90. The van der Waals surface area contributed by atoms with Crippen LogP contribution in [0.25, 0.3) is 10.8 Å². The van der Waals surface area contributed by atoms with Crippen LogP contribution in [0.1, 0.15) is 16.1 Å². The Kier molecular flexibility index (Phi) is 6.15. The Bertz CT molecular complexity index is 1170. The van der Waals surface area contributed by atoms with E-state index in [1.807, 2.05) is 24.3 Å². The Labute approximate surface area is 178 Å². The van der Waals surface area contributed by atoms with Gasteiger partial charge >= 0.3 is 0 Å². The summed E-state index contributed by atoms with van der Waals surface area (Å²) in [7, 11) is 0. The van der Waals surface area contributed by atoms with Crippen LogP contribution >= 0.6 is 11.8 Å². The smallest absolute Gasteiger partial charge is 0.253 e. The molecular formula is C24H20N2O3S. The van der Waals surface area contributed by atoms with E-state index in [0.29, 0.717) is 17.0 Å². The second-order valence-electron chi connectivity index (χ2n) is 6.65. The van der Waals surface area contributed by atoms with Crippen molar-refractivity contribution in [1.82, 2.24) is 5.32 Å². The van der Waals surface area contributed by atoms with Gasteiger partial charge in [0.05, 0.1) is 29.8 Å². The maximum atomic E-state index is 12.5. The lowest BCUT2D eigenvalue weighted by molar-refractivity contribution is -0.113. The number of furan rings is 1. The number of thioether (sulfide) groups is 1. The molecule has 0 radical (unpaired) electrons. The van der Waals surface area contributed by atoms with Crippen LogP contribution < -0.4 is 10.6 Å². The van der Waals surface area contributed by atoms with Gasteiger partial charge in [-0.3, -0.25) is 9.59 Å². The molecule has 0 saturated carbocycles. The zero-order valence-corrected chi connectivity index (χ0v) is 16.9. The first-order valence-electron chi connectivity index (χ1n) is 9.50. The van der Waals surface area contributed by atoms with Gasteiger partial charge < -0.3 is 15.1 Å².